The molecule has 2 rings (SSSR count). The van der Waals surface area contributed by atoms with Crippen LogP contribution in [0.25, 0.3) is 0 Å². The maximum absolute atomic E-state index is 12.0. The Morgan fingerprint density at radius 2 is 2.24 bits per heavy atom. The van der Waals surface area contributed by atoms with E-state index in [0.717, 1.165) is 17.4 Å². The Morgan fingerprint density at radius 1 is 1.53 bits per heavy atom. The third-order valence-electron chi connectivity index (χ3n) is 3.50. The Morgan fingerprint density at radius 3 is 2.82 bits per heavy atom. The predicted molar refractivity (Wildman–Crippen MR) is 73.4 cm³/mol. The number of rotatable bonds is 4. The summed E-state index contributed by atoms with van der Waals surface area (Å²) in [6, 6.07) is 5.31. The summed E-state index contributed by atoms with van der Waals surface area (Å²) in [6.07, 6.45) is 3.56. The molecule has 0 aromatic heterocycles. The van der Waals surface area contributed by atoms with E-state index in [2.05, 4.69) is 28.2 Å². The van der Waals surface area contributed by atoms with Crippen molar-refractivity contribution in [2.45, 2.75) is 26.2 Å². The van der Waals surface area contributed by atoms with Crippen LogP contribution in [-0.2, 0) is 0 Å². The van der Waals surface area contributed by atoms with Crippen LogP contribution in [-0.4, -0.2) is 12.5 Å². The fraction of sp³-hybridized carbons (Fsp3) is 0.462. The molecule has 0 atom stereocenters. The van der Waals surface area contributed by atoms with E-state index in [9.17, 15) is 4.79 Å². The minimum Gasteiger partial charge on any atom is -0.351 e. The van der Waals surface area contributed by atoms with Crippen LogP contribution < -0.4 is 5.32 Å². The topological polar surface area (TPSA) is 29.1 Å². The van der Waals surface area contributed by atoms with Crippen LogP contribution >= 0.6 is 27.5 Å². The fourth-order valence-electron chi connectivity index (χ4n) is 1.87. The molecule has 0 unspecified atom stereocenters. The largest absolute Gasteiger partial charge is 0.351 e. The predicted octanol–water partition coefficient (Wildman–Crippen LogP) is 4.02. The Bertz CT molecular complexity index is 443. The third-order valence-corrected chi connectivity index (χ3v) is 4.33. The molecule has 92 valence electrons. The van der Waals surface area contributed by atoms with Crippen molar-refractivity contribution >= 4 is 33.4 Å². The standard InChI is InChI=1S/C13H15BrClNO/c1-2-13(5-6-13)8-16-12(17)10-7-9(14)3-4-11(10)15/h3-4,7H,2,5-6,8H2,1H3,(H,16,17). The van der Waals surface area contributed by atoms with Crippen molar-refractivity contribution in [3.8, 4) is 0 Å². The molecular weight excluding hydrogens is 302 g/mol. The number of nitrogens with one attached hydrogen (secondary N) is 1. The molecule has 0 heterocycles. The van der Waals surface area contributed by atoms with Gasteiger partial charge in [0.15, 0.2) is 0 Å². The average molecular weight is 317 g/mol. The smallest absolute Gasteiger partial charge is 0.252 e. The van der Waals surface area contributed by atoms with Gasteiger partial charge in [0.25, 0.3) is 5.91 Å². The van der Waals surface area contributed by atoms with Crippen LogP contribution in [0.4, 0.5) is 0 Å². The van der Waals surface area contributed by atoms with Gasteiger partial charge in [0.1, 0.15) is 0 Å². The summed E-state index contributed by atoms with van der Waals surface area (Å²) in [6.45, 7) is 2.93. The highest BCUT2D eigenvalue weighted by Gasteiger charge is 2.40. The second-order valence-electron chi connectivity index (χ2n) is 4.66. The van der Waals surface area contributed by atoms with Gasteiger partial charge in [-0.15, -0.1) is 0 Å². The minimum absolute atomic E-state index is 0.0870. The van der Waals surface area contributed by atoms with Crippen molar-refractivity contribution in [2.24, 2.45) is 5.41 Å². The first-order valence-electron chi connectivity index (χ1n) is 5.79. The van der Waals surface area contributed by atoms with E-state index >= 15 is 0 Å². The van der Waals surface area contributed by atoms with Gasteiger partial charge in [0.05, 0.1) is 10.6 Å². The number of amides is 1. The molecule has 4 heteroatoms. The second-order valence-corrected chi connectivity index (χ2v) is 5.98. The zero-order chi connectivity index (χ0) is 12.5. The maximum atomic E-state index is 12.0. The summed E-state index contributed by atoms with van der Waals surface area (Å²) < 4.78 is 0.865. The van der Waals surface area contributed by atoms with Gasteiger partial charge in [-0.05, 0) is 42.9 Å². The number of benzene rings is 1. The molecule has 0 spiro atoms. The van der Waals surface area contributed by atoms with Gasteiger partial charge < -0.3 is 5.32 Å². The van der Waals surface area contributed by atoms with Crippen molar-refractivity contribution in [3.05, 3.63) is 33.3 Å². The van der Waals surface area contributed by atoms with Gasteiger partial charge in [0, 0.05) is 11.0 Å². The van der Waals surface area contributed by atoms with Crippen molar-refractivity contribution < 1.29 is 4.79 Å². The zero-order valence-corrected chi connectivity index (χ0v) is 12.1. The average Bonchev–Trinajstić information content (AvgIpc) is 3.10. The maximum Gasteiger partial charge on any atom is 0.252 e. The van der Waals surface area contributed by atoms with Crippen molar-refractivity contribution in [1.29, 1.82) is 0 Å². The number of halogens is 2. The van der Waals surface area contributed by atoms with Gasteiger partial charge in [-0.2, -0.15) is 0 Å². The molecule has 1 saturated carbocycles. The highest BCUT2D eigenvalue weighted by molar-refractivity contribution is 9.10. The first-order chi connectivity index (χ1) is 8.06. The first kappa shape index (κ1) is 12.9. The second kappa shape index (κ2) is 4.99. The number of carbonyl (C=O) groups is 1. The first-order valence-corrected chi connectivity index (χ1v) is 6.97. The van der Waals surface area contributed by atoms with E-state index in [1.165, 1.54) is 12.8 Å². The molecule has 17 heavy (non-hydrogen) atoms. The lowest BCUT2D eigenvalue weighted by Crippen LogP contribution is -2.30. The Kier molecular flexibility index (Phi) is 3.79. The highest BCUT2D eigenvalue weighted by Crippen LogP contribution is 2.47. The van der Waals surface area contributed by atoms with Crippen molar-refractivity contribution in [1.82, 2.24) is 5.32 Å². The van der Waals surface area contributed by atoms with Crippen LogP contribution in [0.3, 0.4) is 0 Å². The number of hydrogen-bond donors (Lipinski definition) is 1. The van der Waals surface area contributed by atoms with E-state index < -0.39 is 0 Å². The summed E-state index contributed by atoms with van der Waals surface area (Å²) in [5, 5.41) is 3.47. The monoisotopic (exact) mass is 315 g/mol. The lowest BCUT2D eigenvalue weighted by Gasteiger charge is -2.14. The molecule has 1 N–H and O–H groups in total. The van der Waals surface area contributed by atoms with Crippen molar-refractivity contribution in [3.63, 3.8) is 0 Å². The zero-order valence-electron chi connectivity index (χ0n) is 9.72. The van der Waals surface area contributed by atoms with E-state index in [1.807, 2.05) is 6.07 Å². The van der Waals surface area contributed by atoms with E-state index in [-0.39, 0.29) is 5.91 Å². The van der Waals surface area contributed by atoms with Gasteiger partial charge in [0.2, 0.25) is 0 Å². The molecule has 1 aromatic carbocycles. The van der Waals surface area contributed by atoms with E-state index in [4.69, 9.17) is 11.6 Å². The molecule has 2 nitrogen and oxygen atoms in total. The Balaban J connectivity index is 2.02. The lowest BCUT2D eigenvalue weighted by atomic mass is 10.0. The molecule has 1 aliphatic rings. The van der Waals surface area contributed by atoms with Gasteiger partial charge in [-0.1, -0.05) is 34.5 Å². The van der Waals surface area contributed by atoms with Crippen LogP contribution in [0.15, 0.2) is 22.7 Å². The number of hydrogen-bond acceptors (Lipinski definition) is 1. The summed E-state index contributed by atoms with van der Waals surface area (Å²) in [7, 11) is 0. The fourth-order valence-corrected chi connectivity index (χ4v) is 2.43. The normalized spacial score (nSPS) is 16.6. The van der Waals surface area contributed by atoms with E-state index in [0.29, 0.717) is 16.0 Å². The molecule has 1 aliphatic carbocycles. The molecule has 0 saturated heterocycles. The molecule has 1 amide bonds. The Hall–Kier alpha value is -0.540. The lowest BCUT2D eigenvalue weighted by molar-refractivity contribution is 0.0944. The quantitative estimate of drug-likeness (QED) is 0.893. The highest BCUT2D eigenvalue weighted by atomic mass is 79.9. The van der Waals surface area contributed by atoms with Gasteiger partial charge in [-0.25, -0.2) is 0 Å². The van der Waals surface area contributed by atoms with Gasteiger partial charge in [-0.3, -0.25) is 4.79 Å². The van der Waals surface area contributed by atoms with Crippen LogP contribution in [0, 0.1) is 5.41 Å². The van der Waals surface area contributed by atoms with Crippen molar-refractivity contribution in [2.75, 3.05) is 6.54 Å². The molecular formula is C13H15BrClNO. The summed E-state index contributed by atoms with van der Waals surface area (Å²) in [4.78, 5) is 12.0. The SMILES string of the molecule is CCC1(CNC(=O)c2cc(Br)ccc2Cl)CC1. The molecule has 0 bridgehead atoms. The Labute approximate surface area is 115 Å². The van der Waals surface area contributed by atoms with Crippen LogP contribution in [0.1, 0.15) is 36.5 Å². The molecule has 1 aromatic rings. The number of carbonyl (C=O) groups excluding carboxylic acids is 1. The van der Waals surface area contributed by atoms with E-state index in [1.54, 1.807) is 12.1 Å². The van der Waals surface area contributed by atoms with Gasteiger partial charge >= 0.3 is 0 Å². The summed E-state index contributed by atoms with van der Waals surface area (Å²) >= 11 is 9.35. The third kappa shape index (κ3) is 3.02. The minimum atomic E-state index is -0.0870. The van der Waals surface area contributed by atoms with Crippen LogP contribution in [0.2, 0.25) is 5.02 Å². The summed E-state index contributed by atoms with van der Waals surface area (Å²) in [5.41, 5.74) is 0.890. The summed E-state index contributed by atoms with van der Waals surface area (Å²) in [5.74, 6) is -0.0870. The molecule has 0 aliphatic heterocycles. The van der Waals surface area contributed by atoms with Crippen LogP contribution in [0.5, 0.6) is 0 Å². The molecule has 1 fully saturated rings. The molecule has 0 radical (unpaired) electrons.